The zero-order valence-corrected chi connectivity index (χ0v) is 14.3. The molecule has 0 bridgehead atoms. The maximum Gasteiger partial charge on any atom is 0.254 e. The monoisotopic (exact) mass is 338 g/mol. The number of fused-ring (bicyclic) bond motifs is 1. The maximum atomic E-state index is 12.8. The summed E-state index contributed by atoms with van der Waals surface area (Å²) >= 11 is 1.66. The van der Waals surface area contributed by atoms with E-state index >= 15 is 0 Å². The summed E-state index contributed by atoms with van der Waals surface area (Å²) in [6, 6.07) is 11.7. The molecule has 3 heterocycles. The third-order valence-corrected chi connectivity index (χ3v) is 5.23. The van der Waals surface area contributed by atoms with Gasteiger partial charge in [-0.1, -0.05) is 6.07 Å². The summed E-state index contributed by atoms with van der Waals surface area (Å²) in [5, 5.41) is 1.03. The van der Waals surface area contributed by atoms with Crippen LogP contribution in [-0.2, 0) is 0 Å². The fourth-order valence-electron chi connectivity index (χ4n) is 3.04. The van der Waals surface area contributed by atoms with Gasteiger partial charge in [0.1, 0.15) is 5.82 Å². The predicted octanol–water partition coefficient (Wildman–Crippen LogP) is 2.96. The number of pyridine rings is 1. The van der Waals surface area contributed by atoms with E-state index in [9.17, 15) is 4.79 Å². The highest BCUT2D eigenvalue weighted by atomic mass is 32.1. The molecule has 1 aromatic carbocycles. The predicted molar refractivity (Wildman–Crippen MR) is 96.7 cm³/mol. The van der Waals surface area contributed by atoms with Crippen LogP contribution in [0.15, 0.2) is 42.6 Å². The molecule has 6 heteroatoms. The molecule has 0 atom stereocenters. The van der Waals surface area contributed by atoms with Crippen LogP contribution in [0.1, 0.15) is 15.4 Å². The number of aryl methyl sites for hydroxylation is 1. The van der Waals surface area contributed by atoms with Crippen molar-refractivity contribution in [1.29, 1.82) is 0 Å². The lowest BCUT2D eigenvalue weighted by molar-refractivity contribution is 0.0746. The van der Waals surface area contributed by atoms with Crippen LogP contribution in [0.25, 0.3) is 10.2 Å². The molecule has 3 aromatic rings. The fourth-order valence-corrected chi connectivity index (χ4v) is 3.85. The average molecular weight is 338 g/mol. The Labute approximate surface area is 144 Å². The van der Waals surface area contributed by atoms with Crippen molar-refractivity contribution in [1.82, 2.24) is 14.9 Å². The van der Waals surface area contributed by atoms with E-state index in [0.29, 0.717) is 13.1 Å². The van der Waals surface area contributed by atoms with Gasteiger partial charge in [0.25, 0.3) is 5.91 Å². The van der Waals surface area contributed by atoms with Gasteiger partial charge in [-0.15, -0.1) is 11.3 Å². The Morgan fingerprint density at radius 3 is 2.71 bits per heavy atom. The molecular weight excluding hydrogens is 320 g/mol. The standard InChI is InChI=1S/C18H18N4OS/c1-13-20-15-12-14(5-6-16(15)24-13)18(23)22-10-8-21(9-11-22)17-4-2-3-7-19-17/h2-7,12H,8-11H2,1H3. The first-order valence-electron chi connectivity index (χ1n) is 8.03. The molecule has 1 aliphatic rings. The van der Waals surface area contributed by atoms with Crippen molar-refractivity contribution in [2.75, 3.05) is 31.1 Å². The van der Waals surface area contributed by atoms with E-state index in [-0.39, 0.29) is 5.91 Å². The van der Waals surface area contributed by atoms with Crippen LogP contribution in [-0.4, -0.2) is 47.0 Å². The van der Waals surface area contributed by atoms with Crippen molar-refractivity contribution >= 4 is 33.3 Å². The van der Waals surface area contributed by atoms with Crippen LogP contribution in [0.4, 0.5) is 5.82 Å². The molecule has 4 rings (SSSR count). The number of carbonyl (C=O) groups is 1. The van der Waals surface area contributed by atoms with Gasteiger partial charge in [0, 0.05) is 37.9 Å². The van der Waals surface area contributed by atoms with Crippen LogP contribution in [0.5, 0.6) is 0 Å². The van der Waals surface area contributed by atoms with Gasteiger partial charge in [-0.25, -0.2) is 9.97 Å². The highest BCUT2D eigenvalue weighted by Crippen LogP contribution is 2.23. The summed E-state index contributed by atoms with van der Waals surface area (Å²) in [5.74, 6) is 1.06. The molecule has 1 amide bonds. The number of benzene rings is 1. The largest absolute Gasteiger partial charge is 0.353 e. The summed E-state index contributed by atoms with van der Waals surface area (Å²) in [6.45, 7) is 5.03. The second-order valence-corrected chi connectivity index (χ2v) is 7.12. The summed E-state index contributed by atoms with van der Waals surface area (Å²) in [6.07, 6.45) is 1.80. The second kappa shape index (κ2) is 6.20. The molecular formula is C18H18N4OS. The molecule has 0 N–H and O–H groups in total. The minimum absolute atomic E-state index is 0.0863. The van der Waals surface area contributed by atoms with Crippen LogP contribution in [0, 0.1) is 6.92 Å². The Hall–Kier alpha value is -2.47. The molecule has 0 spiro atoms. The number of carbonyl (C=O) groups excluding carboxylic acids is 1. The molecule has 122 valence electrons. The molecule has 0 radical (unpaired) electrons. The minimum atomic E-state index is 0.0863. The molecule has 0 aliphatic carbocycles. The molecule has 0 saturated carbocycles. The zero-order chi connectivity index (χ0) is 16.5. The average Bonchev–Trinajstić information content (AvgIpc) is 3.01. The van der Waals surface area contributed by atoms with E-state index in [2.05, 4.69) is 14.9 Å². The number of piperazine rings is 1. The van der Waals surface area contributed by atoms with Gasteiger partial charge in [0.15, 0.2) is 0 Å². The van der Waals surface area contributed by atoms with Gasteiger partial charge in [0.05, 0.1) is 15.2 Å². The first-order valence-corrected chi connectivity index (χ1v) is 8.85. The lowest BCUT2D eigenvalue weighted by atomic mass is 10.1. The van der Waals surface area contributed by atoms with E-state index in [1.165, 1.54) is 0 Å². The number of nitrogens with zero attached hydrogens (tertiary/aromatic N) is 4. The normalized spacial score (nSPS) is 15.0. The van der Waals surface area contributed by atoms with Crippen molar-refractivity contribution in [2.24, 2.45) is 0 Å². The smallest absolute Gasteiger partial charge is 0.254 e. The number of hydrogen-bond acceptors (Lipinski definition) is 5. The topological polar surface area (TPSA) is 49.3 Å². The molecule has 1 saturated heterocycles. The molecule has 24 heavy (non-hydrogen) atoms. The van der Waals surface area contributed by atoms with Crippen molar-refractivity contribution in [3.05, 3.63) is 53.2 Å². The van der Waals surface area contributed by atoms with Gasteiger partial charge >= 0.3 is 0 Å². The fraction of sp³-hybridized carbons (Fsp3) is 0.278. The van der Waals surface area contributed by atoms with E-state index in [0.717, 1.165) is 39.7 Å². The summed E-state index contributed by atoms with van der Waals surface area (Å²) in [4.78, 5) is 25.8. The van der Waals surface area contributed by atoms with Crippen molar-refractivity contribution < 1.29 is 4.79 Å². The number of aromatic nitrogens is 2. The maximum absolute atomic E-state index is 12.8. The van der Waals surface area contributed by atoms with Crippen LogP contribution in [0.3, 0.4) is 0 Å². The number of thiazole rings is 1. The number of anilines is 1. The van der Waals surface area contributed by atoms with Crippen molar-refractivity contribution in [3.8, 4) is 0 Å². The van der Waals surface area contributed by atoms with E-state index in [1.807, 2.05) is 48.2 Å². The molecule has 1 aliphatic heterocycles. The highest BCUT2D eigenvalue weighted by Gasteiger charge is 2.23. The van der Waals surface area contributed by atoms with Gasteiger partial charge in [0.2, 0.25) is 0 Å². The van der Waals surface area contributed by atoms with Gasteiger partial charge in [-0.2, -0.15) is 0 Å². The van der Waals surface area contributed by atoms with E-state index < -0.39 is 0 Å². The second-order valence-electron chi connectivity index (χ2n) is 5.88. The Morgan fingerprint density at radius 1 is 1.12 bits per heavy atom. The van der Waals surface area contributed by atoms with Gasteiger partial charge in [-0.05, 0) is 37.3 Å². The minimum Gasteiger partial charge on any atom is -0.353 e. The Bertz CT molecular complexity index is 869. The SMILES string of the molecule is Cc1nc2cc(C(=O)N3CCN(c4ccccn4)CC3)ccc2s1. The number of hydrogen-bond donors (Lipinski definition) is 0. The van der Waals surface area contributed by atoms with Gasteiger partial charge in [-0.3, -0.25) is 4.79 Å². The molecule has 1 fully saturated rings. The summed E-state index contributed by atoms with van der Waals surface area (Å²) in [7, 11) is 0. The van der Waals surface area contributed by atoms with E-state index in [4.69, 9.17) is 0 Å². The molecule has 2 aromatic heterocycles. The Morgan fingerprint density at radius 2 is 1.96 bits per heavy atom. The zero-order valence-electron chi connectivity index (χ0n) is 13.5. The van der Waals surface area contributed by atoms with Crippen LogP contribution < -0.4 is 4.90 Å². The third kappa shape index (κ3) is 2.85. The number of amides is 1. The lowest BCUT2D eigenvalue weighted by Crippen LogP contribution is -2.49. The Balaban J connectivity index is 1.47. The third-order valence-electron chi connectivity index (χ3n) is 4.28. The summed E-state index contributed by atoms with van der Waals surface area (Å²) < 4.78 is 1.13. The lowest BCUT2D eigenvalue weighted by Gasteiger charge is -2.35. The molecule has 5 nitrogen and oxygen atoms in total. The first kappa shape index (κ1) is 15.1. The van der Waals surface area contributed by atoms with Crippen molar-refractivity contribution in [2.45, 2.75) is 6.92 Å². The van der Waals surface area contributed by atoms with Crippen LogP contribution >= 0.6 is 11.3 Å². The highest BCUT2D eigenvalue weighted by molar-refractivity contribution is 7.18. The quantitative estimate of drug-likeness (QED) is 0.721. The van der Waals surface area contributed by atoms with Crippen molar-refractivity contribution in [3.63, 3.8) is 0 Å². The Kier molecular flexibility index (Phi) is 3.90. The van der Waals surface area contributed by atoms with E-state index in [1.54, 1.807) is 17.5 Å². The number of rotatable bonds is 2. The van der Waals surface area contributed by atoms with Gasteiger partial charge < -0.3 is 9.80 Å². The molecule has 0 unspecified atom stereocenters. The first-order chi connectivity index (χ1) is 11.7. The summed E-state index contributed by atoms with van der Waals surface area (Å²) in [5.41, 5.74) is 1.63. The van der Waals surface area contributed by atoms with Crippen LogP contribution in [0.2, 0.25) is 0 Å².